The fourth-order valence-corrected chi connectivity index (χ4v) is 2.20. The molecule has 0 bridgehead atoms. The molecule has 0 aliphatic heterocycles. The summed E-state index contributed by atoms with van der Waals surface area (Å²) >= 11 is 9.29. The minimum absolute atomic E-state index is 0.148. The molecule has 2 rings (SSSR count). The van der Waals surface area contributed by atoms with Crippen LogP contribution in [-0.2, 0) is 6.42 Å². The predicted octanol–water partition coefficient (Wildman–Crippen LogP) is 4.92. The van der Waals surface area contributed by atoms with Crippen molar-refractivity contribution in [2.75, 3.05) is 5.32 Å². The Kier molecular flexibility index (Phi) is 4.61. The van der Waals surface area contributed by atoms with Crippen molar-refractivity contribution < 1.29 is 4.79 Å². The molecule has 2 aromatic rings. The van der Waals surface area contributed by atoms with E-state index in [0.29, 0.717) is 16.3 Å². The van der Waals surface area contributed by atoms with Gasteiger partial charge in [0.25, 0.3) is 5.91 Å². The SMILES string of the molecule is CCc1ccc(C(=O)Nc2cc(Cl)ccc2Br)cc1. The fourth-order valence-electron chi connectivity index (χ4n) is 1.68. The summed E-state index contributed by atoms with van der Waals surface area (Å²) in [5.41, 5.74) is 2.50. The number of hydrogen-bond donors (Lipinski definition) is 1. The molecule has 2 nitrogen and oxygen atoms in total. The van der Waals surface area contributed by atoms with E-state index >= 15 is 0 Å². The molecule has 0 saturated carbocycles. The Morgan fingerprint density at radius 1 is 1.21 bits per heavy atom. The molecule has 0 atom stereocenters. The Bertz CT molecular complexity index is 596. The lowest BCUT2D eigenvalue weighted by atomic mass is 10.1. The van der Waals surface area contributed by atoms with Gasteiger partial charge in [-0.15, -0.1) is 0 Å². The summed E-state index contributed by atoms with van der Waals surface area (Å²) in [4.78, 5) is 12.1. The normalized spacial score (nSPS) is 10.3. The van der Waals surface area contributed by atoms with Crippen LogP contribution in [0, 0.1) is 0 Å². The highest BCUT2D eigenvalue weighted by atomic mass is 79.9. The number of rotatable bonds is 3. The fraction of sp³-hybridized carbons (Fsp3) is 0.133. The van der Waals surface area contributed by atoms with E-state index in [1.165, 1.54) is 5.56 Å². The first-order chi connectivity index (χ1) is 9.10. The Morgan fingerprint density at radius 2 is 1.89 bits per heavy atom. The third kappa shape index (κ3) is 3.58. The van der Waals surface area contributed by atoms with Crippen LogP contribution in [0.2, 0.25) is 5.02 Å². The maximum atomic E-state index is 12.1. The quantitative estimate of drug-likeness (QED) is 0.846. The molecule has 1 amide bonds. The van der Waals surface area contributed by atoms with Crippen molar-refractivity contribution in [2.24, 2.45) is 0 Å². The zero-order valence-electron chi connectivity index (χ0n) is 10.4. The van der Waals surface area contributed by atoms with Gasteiger partial charge in [-0.25, -0.2) is 0 Å². The van der Waals surface area contributed by atoms with Gasteiger partial charge in [-0.2, -0.15) is 0 Å². The first-order valence-corrected chi connectivity index (χ1v) is 7.12. The lowest BCUT2D eigenvalue weighted by Gasteiger charge is -2.08. The molecule has 19 heavy (non-hydrogen) atoms. The van der Waals surface area contributed by atoms with Gasteiger partial charge in [-0.1, -0.05) is 30.7 Å². The second kappa shape index (κ2) is 6.22. The highest BCUT2D eigenvalue weighted by Gasteiger charge is 2.08. The van der Waals surface area contributed by atoms with Crippen molar-refractivity contribution in [3.63, 3.8) is 0 Å². The summed E-state index contributed by atoms with van der Waals surface area (Å²) in [6, 6.07) is 12.8. The van der Waals surface area contributed by atoms with Gasteiger partial charge < -0.3 is 5.32 Å². The molecule has 0 unspecified atom stereocenters. The highest BCUT2D eigenvalue weighted by Crippen LogP contribution is 2.26. The van der Waals surface area contributed by atoms with Crippen LogP contribution in [0.25, 0.3) is 0 Å². The molecule has 0 radical (unpaired) electrons. The van der Waals surface area contributed by atoms with Crippen LogP contribution < -0.4 is 5.32 Å². The number of hydrogen-bond acceptors (Lipinski definition) is 1. The van der Waals surface area contributed by atoms with Gasteiger partial charge >= 0.3 is 0 Å². The van der Waals surface area contributed by atoms with E-state index in [-0.39, 0.29) is 5.91 Å². The highest BCUT2D eigenvalue weighted by molar-refractivity contribution is 9.10. The minimum atomic E-state index is -0.148. The molecule has 98 valence electrons. The van der Waals surface area contributed by atoms with Crippen LogP contribution in [0.3, 0.4) is 0 Å². The van der Waals surface area contributed by atoms with Crippen LogP contribution in [-0.4, -0.2) is 5.91 Å². The molecule has 0 aliphatic rings. The molecule has 0 aliphatic carbocycles. The summed E-state index contributed by atoms with van der Waals surface area (Å²) in [6.45, 7) is 2.08. The van der Waals surface area contributed by atoms with Gasteiger partial charge in [0, 0.05) is 15.1 Å². The first kappa shape index (κ1) is 14.1. The van der Waals surface area contributed by atoms with Crippen molar-refractivity contribution in [1.29, 1.82) is 0 Å². The molecular formula is C15H13BrClNO. The number of benzene rings is 2. The largest absolute Gasteiger partial charge is 0.321 e. The third-order valence-corrected chi connectivity index (χ3v) is 3.73. The average molecular weight is 339 g/mol. The average Bonchev–Trinajstić information content (AvgIpc) is 2.43. The summed E-state index contributed by atoms with van der Waals surface area (Å²) in [5, 5.41) is 3.42. The summed E-state index contributed by atoms with van der Waals surface area (Å²) in [5.74, 6) is -0.148. The van der Waals surface area contributed by atoms with Gasteiger partial charge in [0.2, 0.25) is 0 Å². The number of halogens is 2. The molecule has 0 saturated heterocycles. The smallest absolute Gasteiger partial charge is 0.255 e. The van der Waals surface area contributed by atoms with Crippen molar-refractivity contribution in [1.82, 2.24) is 0 Å². The van der Waals surface area contributed by atoms with Gasteiger partial charge in [0.1, 0.15) is 0 Å². The Balaban J connectivity index is 2.18. The number of amides is 1. The predicted molar refractivity (Wildman–Crippen MR) is 82.9 cm³/mol. The second-order valence-corrected chi connectivity index (χ2v) is 5.42. The molecule has 1 N–H and O–H groups in total. The van der Waals surface area contributed by atoms with Crippen molar-refractivity contribution >= 4 is 39.1 Å². The van der Waals surface area contributed by atoms with Gasteiger partial charge in [-0.3, -0.25) is 4.79 Å². The Hall–Kier alpha value is -1.32. The van der Waals surface area contributed by atoms with Crippen molar-refractivity contribution in [2.45, 2.75) is 13.3 Å². The molecule has 0 aromatic heterocycles. The Morgan fingerprint density at radius 3 is 2.53 bits per heavy atom. The van der Waals surface area contributed by atoms with Crippen LogP contribution >= 0.6 is 27.5 Å². The van der Waals surface area contributed by atoms with Crippen LogP contribution in [0.1, 0.15) is 22.8 Å². The molecule has 0 heterocycles. The van der Waals surface area contributed by atoms with Gasteiger partial charge in [0.05, 0.1) is 5.69 Å². The Labute approximate surface area is 125 Å². The van der Waals surface area contributed by atoms with Gasteiger partial charge in [0.15, 0.2) is 0 Å². The maximum Gasteiger partial charge on any atom is 0.255 e. The zero-order chi connectivity index (χ0) is 13.8. The van der Waals surface area contributed by atoms with Crippen LogP contribution in [0.15, 0.2) is 46.9 Å². The van der Waals surface area contributed by atoms with Gasteiger partial charge in [-0.05, 0) is 58.2 Å². The minimum Gasteiger partial charge on any atom is -0.321 e. The second-order valence-electron chi connectivity index (χ2n) is 4.13. The number of carbonyl (C=O) groups excluding carboxylic acids is 1. The molecule has 0 spiro atoms. The van der Waals surface area contributed by atoms with Crippen molar-refractivity contribution in [3.8, 4) is 0 Å². The van der Waals surface area contributed by atoms with E-state index in [1.54, 1.807) is 18.2 Å². The number of anilines is 1. The van der Waals surface area contributed by atoms with E-state index in [9.17, 15) is 4.79 Å². The maximum absolute atomic E-state index is 12.1. The van der Waals surface area contributed by atoms with E-state index in [4.69, 9.17) is 11.6 Å². The molecule has 2 aromatic carbocycles. The van der Waals surface area contributed by atoms with E-state index in [2.05, 4.69) is 28.2 Å². The summed E-state index contributed by atoms with van der Waals surface area (Å²) in [7, 11) is 0. The lowest BCUT2D eigenvalue weighted by Crippen LogP contribution is -2.12. The molecule has 4 heteroatoms. The van der Waals surface area contributed by atoms with E-state index < -0.39 is 0 Å². The molecular weight excluding hydrogens is 326 g/mol. The van der Waals surface area contributed by atoms with Crippen LogP contribution in [0.5, 0.6) is 0 Å². The third-order valence-electron chi connectivity index (χ3n) is 2.80. The number of carbonyl (C=O) groups is 1. The zero-order valence-corrected chi connectivity index (χ0v) is 12.8. The van der Waals surface area contributed by atoms with E-state index in [1.807, 2.05) is 24.3 Å². The number of aryl methyl sites for hydroxylation is 1. The number of nitrogens with one attached hydrogen (secondary N) is 1. The monoisotopic (exact) mass is 337 g/mol. The summed E-state index contributed by atoms with van der Waals surface area (Å²) in [6.07, 6.45) is 0.960. The summed E-state index contributed by atoms with van der Waals surface area (Å²) < 4.78 is 0.801. The lowest BCUT2D eigenvalue weighted by molar-refractivity contribution is 0.102. The van der Waals surface area contributed by atoms with Crippen LogP contribution in [0.4, 0.5) is 5.69 Å². The molecule has 0 fully saturated rings. The topological polar surface area (TPSA) is 29.1 Å². The van der Waals surface area contributed by atoms with E-state index in [0.717, 1.165) is 10.9 Å². The van der Waals surface area contributed by atoms with Crippen molar-refractivity contribution in [3.05, 3.63) is 63.1 Å². The standard InChI is InChI=1S/C15H13BrClNO/c1-2-10-3-5-11(6-4-10)15(19)18-14-9-12(17)7-8-13(14)16/h3-9H,2H2,1H3,(H,18,19). The first-order valence-electron chi connectivity index (χ1n) is 5.95.